The Morgan fingerprint density at radius 1 is 0.911 bits per heavy atom. The van der Waals surface area contributed by atoms with Crippen LogP contribution in [0.3, 0.4) is 0 Å². The number of aromatic nitrogens is 1. The van der Waals surface area contributed by atoms with E-state index in [2.05, 4.69) is 5.32 Å². The molecule has 0 spiro atoms. The Kier molecular flexibility index (Phi) is 7.95. The van der Waals surface area contributed by atoms with Crippen LogP contribution in [0.2, 0.25) is 0 Å². The minimum absolute atomic E-state index is 0.293. The van der Waals surface area contributed by atoms with Gasteiger partial charge in [0.15, 0.2) is 11.5 Å². The molecule has 3 aromatic carbocycles. The molecular formula is C31H24F3N3O6S2. The minimum Gasteiger partial charge on any atom is -0.493 e. The summed E-state index contributed by atoms with van der Waals surface area (Å²) in [7, 11) is 2.93. The van der Waals surface area contributed by atoms with E-state index in [1.807, 2.05) is 0 Å². The fraction of sp³-hybridized carbons (Fsp3) is 0.226. The van der Waals surface area contributed by atoms with Gasteiger partial charge in [0, 0.05) is 10.8 Å². The third-order valence-corrected chi connectivity index (χ3v) is 10.2. The van der Waals surface area contributed by atoms with Gasteiger partial charge in [-0.1, -0.05) is 59.5 Å². The molecule has 45 heavy (non-hydrogen) atoms. The van der Waals surface area contributed by atoms with Crippen molar-refractivity contribution in [3.05, 3.63) is 98.5 Å². The first kappa shape index (κ1) is 30.5. The smallest absolute Gasteiger partial charge is 0.418 e. The van der Waals surface area contributed by atoms with E-state index in [9.17, 15) is 32.3 Å². The number of thiazole rings is 1. The molecule has 0 aliphatic carbocycles. The zero-order valence-corrected chi connectivity index (χ0v) is 25.3. The second-order valence-electron chi connectivity index (χ2n) is 10.2. The summed E-state index contributed by atoms with van der Waals surface area (Å²) in [6.07, 6.45) is -4.71. The molecule has 2 aliphatic heterocycles. The summed E-state index contributed by atoms with van der Waals surface area (Å²) in [5.74, 6) is -2.65. The van der Waals surface area contributed by atoms with Gasteiger partial charge in [-0.3, -0.25) is 23.7 Å². The maximum absolute atomic E-state index is 14.0. The van der Waals surface area contributed by atoms with E-state index in [0.29, 0.717) is 32.7 Å². The highest BCUT2D eigenvalue weighted by molar-refractivity contribution is 8.00. The highest BCUT2D eigenvalue weighted by Gasteiger charge is 2.57. The van der Waals surface area contributed by atoms with Crippen LogP contribution < -0.4 is 24.6 Å². The predicted molar refractivity (Wildman–Crippen MR) is 162 cm³/mol. The van der Waals surface area contributed by atoms with Crippen LogP contribution in [0.4, 0.5) is 24.5 Å². The van der Waals surface area contributed by atoms with Crippen molar-refractivity contribution in [1.29, 1.82) is 0 Å². The largest absolute Gasteiger partial charge is 0.493 e. The van der Waals surface area contributed by atoms with E-state index >= 15 is 0 Å². The lowest BCUT2D eigenvalue weighted by Crippen LogP contribution is -2.33. The van der Waals surface area contributed by atoms with E-state index in [4.69, 9.17) is 9.47 Å². The normalized spacial score (nSPS) is 19.2. The first-order valence-electron chi connectivity index (χ1n) is 13.5. The second-order valence-corrected chi connectivity index (χ2v) is 12.3. The number of amides is 3. The summed E-state index contributed by atoms with van der Waals surface area (Å²) in [6, 6.07) is 18.1. The summed E-state index contributed by atoms with van der Waals surface area (Å²) in [5, 5.41) is 1.61. The topological polar surface area (TPSA) is 107 Å². The lowest BCUT2D eigenvalue weighted by atomic mass is 9.83. The molecule has 1 saturated heterocycles. The molecule has 3 heterocycles. The molecule has 4 aromatic rings. The Morgan fingerprint density at radius 3 is 2.29 bits per heavy atom. The van der Waals surface area contributed by atoms with Crippen molar-refractivity contribution in [3.8, 4) is 11.5 Å². The molecule has 6 rings (SSSR count). The fourth-order valence-electron chi connectivity index (χ4n) is 5.66. The number of nitrogens with one attached hydrogen (secondary N) is 1. The van der Waals surface area contributed by atoms with Crippen LogP contribution >= 0.6 is 23.1 Å². The number of thioether (sulfide) groups is 1. The van der Waals surface area contributed by atoms with Gasteiger partial charge >= 0.3 is 11.0 Å². The first-order valence-corrected chi connectivity index (χ1v) is 15.2. The highest BCUT2D eigenvalue weighted by Crippen LogP contribution is 2.54. The quantitative estimate of drug-likeness (QED) is 0.267. The van der Waals surface area contributed by atoms with Gasteiger partial charge in [-0.2, -0.15) is 13.2 Å². The molecule has 3 amide bonds. The number of alkyl halides is 3. The molecule has 3 atom stereocenters. The van der Waals surface area contributed by atoms with Crippen LogP contribution in [0.5, 0.6) is 11.5 Å². The lowest BCUT2D eigenvalue weighted by molar-refractivity contribution is -0.137. The molecule has 1 fully saturated rings. The zero-order chi connectivity index (χ0) is 32.0. The maximum atomic E-state index is 14.0. The van der Waals surface area contributed by atoms with Crippen molar-refractivity contribution in [2.75, 3.05) is 24.4 Å². The van der Waals surface area contributed by atoms with Gasteiger partial charge in [0.05, 0.1) is 42.1 Å². The molecule has 232 valence electrons. The van der Waals surface area contributed by atoms with Crippen molar-refractivity contribution in [1.82, 2.24) is 4.57 Å². The van der Waals surface area contributed by atoms with Crippen molar-refractivity contribution < 1.29 is 37.0 Å². The lowest BCUT2D eigenvalue weighted by Gasteiger charge is -2.31. The number of carbonyl (C=O) groups is 3. The van der Waals surface area contributed by atoms with E-state index in [-0.39, 0.29) is 0 Å². The van der Waals surface area contributed by atoms with Gasteiger partial charge in [0.1, 0.15) is 11.8 Å². The zero-order valence-electron chi connectivity index (χ0n) is 23.7. The molecule has 3 unspecified atom stereocenters. The molecule has 9 nitrogen and oxygen atoms in total. The van der Waals surface area contributed by atoms with Gasteiger partial charge in [0.25, 0.3) is 0 Å². The third-order valence-electron chi connectivity index (χ3n) is 7.64. The number of anilines is 2. The number of nitrogens with zero attached hydrogens (tertiary/aromatic N) is 2. The Balaban J connectivity index is 1.43. The van der Waals surface area contributed by atoms with Crippen LogP contribution in [0.1, 0.15) is 21.9 Å². The number of fused-ring (bicyclic) bond motifs is 2. The van der Waals surface area contributed by atoms with Gasteiger partial charge < -0.3 is 14.8 Å². The summed E-state index contributed by atoms with van der Waals surface area (Å²) in [6.45, 7) is -0.607. The van der Waals surface area contributed by atoms with Gasteiger partial charge in [-0.05, 0) is 42.0 Å². The number of benzene rings is 3. The van der Waals surface area contributed by atoms with E-state index in [1.165, 1.54) is 26.4 Å². The first-order chi connectivity index (χ1) is 21.5. The Labute approximate surface area is 262 Å². The van der Waals surface area contributed by atoms with Crippen molar-refractivity contribution >= 4 is 52.2 Å². The van der Waals surface area contributed by atoms with Crippen LogP contribution in [-0.4, -0.2) is 41.8 Å². The number of hydrogen-bond acceptors (Lipinski definition) is 8. The average molecular weight is 656 g/mol. The molecule has 2 aliphatic rings. The number of ether oxygens (including phenoxy) is 2. The number of halogens is 3. The number of rotatable bonds is 7. The average Bonchev–Trinajstić information content (AvgIpc) is 3.46. The molecule has 1 N–H and O–H groups in total. The predicted octanol–water partition coefficient (Wildman–Crippen LogP) is 5.38. The van der Waals surface area contributed by atoms with E-state index in [0.717, 1.165) is 44.7 Å². The van der Waals surface area contributed by atoms with Gasteiger partial charge in [0.2, 0.25) is 17.7 Å². The summed E-state index contributed by atoms with van der Waals surface area (Å²) in [5.41, 5.74) is -0.493. The Hall–Kier alpha value is -4.56. The van der Waals surface area contributed by atoms with Crippen molar-refractivity contribution in [2.24, 2.45) is 5.92 Å². The molecule has 0 radical (unpaired) electrons. The minimum atomic E-state index is -4.71. The number of methoxy groups -OCH3 is 2. The Bertz CT molecular complexity index is 1870. The number of carbonyl (C=O) groups excluding carboxylic acids is 3. The molecule has 1 aromatic heterocycles. The second kappa shape index (κ2) is 11.7. The van der Waals surface area contributed by atoms with Crippen LogP contribution in [0, 0.1) is 5.92 Å². The van der Waals surface area contributed by atoms with Crippen molar-refractivity contribution in [2.45, 2.75) is 28.9 Å². The Morgan fingerprint density at radius 2 is 1.60 bits per heavy atom. The number of hydrogen-bond donors (Lipinski definition) is 1. The molecule has 0 saturated carbocycles. The summed E-state index contributed by atoms with van der Waals surface area (Å²) < 4.78 is 52.6. The van der Waals surface area contributed by atoms with E-state index < -0.39 is 63.7 Å². The summed E-state index contributed by atoms with van der Waals surface area (Å²) >= 11 is 1.82. The third kappa shape index (κ3) is 5.37. The molecule has 14 heteroatoms. The standard InChI is InChI=1S/C31H24F3N3O6S2/c1-42-20-13-12-16(14-21(20)43-2)23-24-25(28(40)37(27(24)39)17-8-4-3-5-9-17)44-29-26(23)45-30(41)36(29)15-22(38)35-19-11-7-6-10-18(19)31(32,33)34/h3-14,23-25H,15H2,1-2H3,(H,35,38). The van der Waals surface area contributed by atoms with Crippen LogP contribution in [0.25, 0.3) is 0 Å². The highest BCUT2D eigenvalue weighted by atomic mass is 32.2. The van der Waals surface area contributed by atoms with E-state index in [1.54, 1.807) is 48.5 Å². The monoisotopic (exact) mass is 655 g/mol. The van der Waals surface area contributed by atoms with Crippen LogP contribution in [0.15, 0.2) is 82.6 Å². The maximum Gasteiger partial charge on any atom is 0.418 e. The number of para-hydroxylation sites is 2. The summed E-state index contributed by atoms with van der Waals surface area (Å²) in [4.78, 5) is 55.3. The van der Waals surface area contributed by atoms with Crippen molar-refractivity contribution in [3.63, 3.8) is 0 Å². The van der Waals surface area contributed by atoms with Crippen LogP contribution in [-0.2, 0) is 27.1 Å². The molecule has 0 bridgehead atoms. The fourth-order valence-corrected chi connectivity index (χ4v) is 8.44. The molecular weight excluding hydrogens is 631 g/mol. The SMILES string of the molecule is COc1ccc(C2c3sc(=O)n(CC(=O)Nc4ccccc4C(F)(F)F)c3SC3C(=O)N(c4ccccc4)C(=O)C32)cc1OC. The van der Waals surface area contributed by atoms with Gasteiger partial charge in [-0.15, -0.1) is 0 Å². The number of imide groups is 1. The van der Waals surface area contributed by atoms with Gasteiger partial charge in [-0.25, -0.2) is 4.90 Å².